The lowest BCUT2D eigenvalue weighted by Crippen LogP contribution is -2.34. The van der Waals surface area contributed by atoms with Gasteiger partial charge in [0.15, 0.2) is 0 Å². The topological polar surface area (TPSA) is 14.2 Å². The summed E-state index contributed by atoms with van der Waals surface area (Å²) in [7, 11) is 2.12. The molecule has 34 heavy (non-hydrogen) atoms. The summed E-state index contributed by atoms with van der Waals surface area (Å²) in [6, 6.07) is 38.6. The third-order valence-corrected chi connectivity index (χ3v) is 7.77. The van der Waals surface area contributed by atoms with Gasteiger partial charge in [-0.25, -0.2) is 0 Å². The van der Waals surface area contributed by atoms with Crippen LogP contribution in [0.5, 0.6) is 0 Å². The number of hydrogen-bond acceptors (Lipinski definition) is 1. The Kier molecular flexibility index (Phi) is 5.20. The van der Waals surface area contributed by atoms with Gasteiger partial charge >= 0.3 is 0 Å². The van der Waals surface area contributed by atoms with Gasteiger partial charge in [-0.3, -0.25) is 0 Å². The maximum absolute atomic E-state index is 7.52. The zero-order valence-electron chi connectivity index (χ0n) is 19.1. The summed E-state index contributed by atoms with van der Waals surface area (Å²) in [5, 5.41) is 1.24. The third-order valence-electron chi connectivity index (χ3n) is 7.28. The van der Waals surface area contributed by atoms with E-state index >= 15 is 0 Å². The number of aromatic nitrogens is 1. The molecule has 5 aromatic rings. The molecular weight excluding hydrogens is 482 g/mol. The Bertz CT molecular complexity index is 1420. The second kappa shape index (κ2) is 8.26. The molecule has 1 atom stereocenters. The first kappa shape index (κ1) is 21.4. The summed E-state index contributed by atoms with van der Waals surface area (Å²) in [5.74, 6) is 0. The van der Waals surface area contributed by atoms with E-state index in [-0.39, 0.29) is 0 Å². The number of halogens is 1. The number of aryl methyl sites for hydroxylation is 1. The van der Waals surface area contributed by atoms with E-state index in [1.165, 1.54) is 33.2 Å². The summed E-state index contributed by atoms with van der Waals surface area (Å²) in [6.07, 6.45) is 4.02. The molecule has 4 aromatic carbocycles. The van der Waals surface area contributed by atoms with Crippen LogP contribution in [-0.4, -0.2) is 4.57 Å². The van der Waals surface area contributed by atoms with Crippen molar-refractivity contribution in [2.75, 3.05) is 0 Å². The number of rotatable bonds is 4. The highest BCUT2D eigenvalue weighted by atomic mass is 79.9. The number of ether oxygens (including phenoxy) is 1. The molecule has 1 unspecified atom stereocenters. The molecule has 0 N–H and O–H groups in total. The van der Waals surface area contributed by atoms with Gasteiger partial charge in [0.25, 0.3) is 0 Å². The van der Waals surface area contributed by atoms with E-state index in [2.05, 4.69) is 143 Å². The molecule has 6 rings (SSSR count). The van der Waals surface area contributed by atoms with Crippen molar-refractivity contribution in [2.45, 2.75) is 24.0 Å². The first-order valence-electron chi connectivity index (χ1n) is 11.7. The van der Waals surface area contributed by atoms with Crippen molar-refractivity contribution >= 4 is 26.8 Å². The average Bonchev–Trinajstić information content (AvgIpc) is 3.46. The maximum atomic E-state index is 7.52. The highest BCUT2D eigenvalue weighted by Gasteiger charge is 2.53. The zero-order valence-corrected chi connectivity index (χ0v) is 20.7. The predicted octanol–water partition coefficient (Wildman–Crippen LogP) is 7.94. The lowest BCUT2D eigenvalue weighted by Gasteiger charge is -2.37. The van der Waals surface area contributed by atoms with Crippen molar-refractivity contribution in [3.63, 3.8) is 0 Å². The van der Waals surface area contributed by atoms with E-state index in [1.54, 1.807) is 0 Å². The van der Waals surface area contributed by atoms with Crippen LogP contribution in [0.3, 0.4) is 0 Å². The molecule has 0 saturated carbocycles. The second-order valence-corrected chi connectivity index (χ2v) is 10.1. The van der Waals surface area contributed by atoms with E-state index in [9.17, 15) is 0 Å². The van der Waals surface area contributed by atoms with Gasteiger partial charge in [-0.15, -0.1) is 0 Å². The van der Waals surface area contributed by atoms with Crippen molar-refractivity contribution in [3.05, 3.63) is 142 Å². The Morgan fingerprint density at radius 3 is 1.94 bits per heavy atom. The summed E-state index contributed by atoms with van der Waals surface area (Å²) in [5.41, 5.74) is 4.87. The monoisotopic (exact) mass is 507 g/mol. The van der Waals surface area contributed by atoms with Gasteiger partial charge in [0.1, 0.15) is 11.2 Å². The molecule has 0 radical (unpaired) electrons. The normalized spacial score (nSPS) is 19.5. The van der Waals surface area contributed by atoms with E-state index in [0.29, 0.717) is 0 Å². The van der Waals surface area contributed by atoms with Crippen molar-refractivity contribution in [3.8, 4) is 0 Å². The lowest BCUT2D eigenvalue weighted by atomic mass is 9.81. The molecule has 0 amide bonds. The van der Waals surface area contributed by atoms with Crippen LogP contribution in [0.1, 0.15) is 35.1 Å². The molecule has 1 aromatic heterocycles. The molecule has 3 heteroatoms. The van der Waals surface area contributed by atoms with Gasteiger partial charge in [-0.05, 0) is 47.7 Å². The van der Waals surface area contributed by atoms with E-state index in [1.807, 2.05) is 0 Å². The van der Waals surface area contributed by atoms with Crippen LogP contribution < -0.4 is 0 Å². The quantitative estimate of drug-likeness (QED) is 0.240. The van der Waals surface area contributed by atoms with Gasteiger partial charge in [0, 0.05) is 34.2 Å². The van der Waals surface area contributed by atoms with Crippen LogP contribution in [-0.2, 0) is 23.0 Å². The molecule has 1 aliphatic heterocycles. The van der Waals surface area contributed by atoms with Crippen LogP contribution in [0.2, 0.25) is 0 Å². The minimum Gasteiger partial charge on any atom is -0.350 e. The summed E-state index contributed by atoms with van der Waals surface area (Å²) in [6.45, 7) is 0. The summed E-state index contributed by atoms with van der Waals surface area (Å²) >= 11 is 3.72. The average molecular weight is 508 g/mol. The number of nitrogens with zero attached hydrogens (tertiary/aromatic N) is 1. The third kappa shape index (κ3) is 3.26. The standard InChI is InChI=1S/C31H26BrNO/c1-33-22-28(27-17-8-9-18-29(27)33)31(25-15-10-16-26(32)21-25)20-19-30(34-31,23-11-4-2-5-12-23)24-13-6-3-7-14-24/h2-18,21-22H,19-20H2,1H3. The Morgan fingerprint density at radius 2 is 1.26 bits per heavy atom. The Hall–Kier alpha value is -3.14. The number of fused-ring (bicyclic) bond motifs is 1. The SMILES string of the molecule is Cn1cc(C2(c3cccc(Br)c3)CCC(c3ccccc3)(c3ccccc3)O2)c2ccccc21. The molecule has 1 aliphatic rings. The van der Waals surface area contributed by atoms with Crippen LogP contribution in [0.25, 0.3) is 10.9 Å². The maximum Gasteiger partial charge on any atom is 0.122 e. The fraction of sp³-hybridized carbons (Fsp3) is 0.161. The molecule has 1 saturated heterocycles. The largest absolute Gasteiger partial charge is 0.350 e. The van der Waals surface area contributed by atoms with Crippen molar-refractivity contribution in [2.24, 2.45) is 7.05 Å². The van der Waals surface area contributed by atoms with Crippen molar-refractivity contribution in [1.29, 1.82) is 0 Å². The van der Waals surface area contributed by atoms with E-state index in [4.69, 9.17) is 4.74 Å². The smallest absolute Gasteiger partial charge is 0.122 e. The van der Waals surface area contributed by atoms with Gasteiger partial charge in [0.2, 0.25) is 0 Å². The van der Waals surface area contributed by atoms with E-state index in [0.717, 1.165) is 17.3 Å². The molecule has 0 bridgehead atoms. The molecule has 2 heterocycles. The van der Waals surface area contributed by atoms with Gasteiger partial charge in [0.05, 0.1) is 0 Å². The molecule has 0 aliphatic carbocycles. The highest BCUT2D eigenvalue weighted by Crippen LogP contribution is 2.57. The summed E-state index contributed by atoms with van der Waals surface area (Å²) < 4.78 is 10.8. The Balaban J connectivity index is 1.64. The minimum atomic E-state index is -0.587. The first-order valence-corrected chi connectivity index (χ1v) is 12.5. The first-order chi connectivity index (χ1) is 16.6. The zero-order chi connectivity index (χ0) is 23.2. The molecule has 0 spiro atoms. The molecule has 168 valence electrons. The van der Waals surface area contributed by atoms with Crippen molar-refractivity contribution < 1.29 is 4.74 Å². The van der Waals surface area contributed by atoms with Gasteiger partial charge in [-0.2, -0.15) is 0 Å². The Labute approximate surface area is 209 Å². The van der Waals surface area contributed by atoms with Crippen LogP contribution in [0.4, 0.5) is 0 Å². The predicted molar refractivity (Wildman–Crippen MR) is 142 cm³/mol. The number of hydrogen-bond donors (Lipinski definition) is 0. The van der Waals surface area contributed by atoms with Gasteiger partial charge < -0.3 is 9.30 Å². The molecular formula is C31H26BrNO. The fourth-order valence-electron chi connectivity index (χ4n) is 5.69. The highest BCUT2D eigenvalue weighted by molar-refractivity contribution is 9.10. The van der Waals surface area contributed by atoms with Gasteiger partial charge in [-0.1, -0.05) is 107 Å². The number of benzene rings is 4. The minimum absolute atomic E-state index is 0.540. The summed E-state index contributed by atoms with van der Waals surface area (Å²) in [4.78, 5) is 0. The van der Waals surface area contributed by atoms with Crippen molar-refractivity contribution in [1.82, 2.24) is 4.57 Å². The van der Waals surface area contributed by atoms with Crippen LogP contribution in [0.15, 0.2) is 120 Å². The Morgan fingerprint density at radius 1 is 0.676 bits per heavy atom. The van der Waals surface area contributed by atoms with Crippen LogP contribution in [0, 0.1) is 0 Å². The fourth-order valence-corrected chi connectivity index (χ4v) is 6.09. The number of para-hydroxylation sites is 1. The molecule has 1 fully saturated rings. The van der Waals surface area contributed by atoms with Crippen LogP contribution >= 0.6 is 15.9 Å². The lowest BCUT2D eigenvalue weighted by molar-refractivity contribution is -0.0675. The van der Waals surface area contributed by atoms with E-state index < -0.39 is 11.2 Å². The second-order valence-electron chi connectivity index (χ2n) is 9.17. The molecule has 2 nitrogen and oxygen atoms in total.